The van der Waals surface area contributed by atoms with Crippen LogP contribution in [0.2, 0.25) is 0 Å². The molecule has 0 atom stereocenters. The molecule has 4 aromatic heterocycles. The van der Waals surface area contributed by atoms with Gasteiger partial charge in [0.1, 0.15) is 17.2 Å². The first kappa shape index (κ1) is 21.8. The molecule has 40 heavy (non-hydrogen) atoms. The number of halogens is 1. The van der Waals surface area contributed by atoms with E-state index in [4.69, 9.17) is 14.4 Å². The summed E-state index contributed by atoms with van der Waals surface area (Å²) in [7, 11) is 0. The predicted molar refractivity (Wildman–Crippen MR) is 162 cm³/mol. The largest absolute Gasteiger partial charge is 0.437 e. The quantitative estimate of drug-likeness (QED) is 0.221. The molecule has 0 bridgehead atoms. The van der Waals surface area contributed by atoms with Crippen molar-refractivity contribution in [1.29, 1.82) is 0 Å². The van der Waals surface area contributed by atoms with Crippen molar-refractivity contribution in [2.24, 2.45) is 0 Å². The van der Waals surface area contributed by atoms with Crippen LogP contribution in [0.3, 0.4) is 0 Å². The zero-order valence-electron chi connectivity index (χ0n) is 20.9. The van der Waals surface area contributed by atoms with E-state index in [2.05, 4.69) is 53.1 Å². The summed E-state index contributed by atoms with van der Waals surface area (Å²) in [6.45, 7) is 0. The summed E-state index contributed by atoms with van der Waals surface area (Å²) in [5, 5.41) is 4.99. The van der Waals surface area contributed by atoms with E-state index in [-0.39, 0.29) is 5.82 Å². The fourth-order valence-corrected chi connectivity index (χ4v) is 6.94. The lowest BCUT2D eigenvalue weighted by Gasteiger charge is -2.10. The van der Waals surface area contributed by atoms with Gasteiger partial charge in [-0.1, -0.05) is 42.5 Å². The Kier molecular flexibility index (Phi) is 4.35. The highest BCUT2D eigenvalue weighted by Crippen LogP contribution is 2.40. The topological polar surface area (TPSA) is 43.9 Å². The standard InChI is InChI=1S/C34H18FN3OS/c35-20-12-14-27-19(16-20)17-26-23-7-5-8-24(32(23)39-34(26)37-27)33-36-28-9-2-3-10-29(28)38(33)21-13-15-31-25(18-21)22-6-1-4-11-30(22)40-31/h1-18H. The summed E-state index contributed by atoms with van der Waals surface area (Å²) >= 11 is 1.81. The molecule has 0 fully saturated rings. The van der Waals surface area contributed by atoms with Gasteiger partial charge in [0.2, 0.25) is 5.71 Å². The van der Waals surface area contributed by atoms with Crippen LogP contribution in [0.1, 0.15) is 0 Å². The Morgan fingerprint density at radius 1 is 0.650 bits per heavy atom. The first-order chi connectivity index (χ1) is 19.7. The molecule has 5 aromatic carbocycles. The summed E-state index contributed by atoms with van der Waals surface area (Å²) in [5.41, 5.74) is 5.75. The Balaban J connectivity index is 1.35. The van der Waals surface area contributed by atoms with E-state index in [0.29, 0.717) is 16.8 Å². The smallest absolute Gasteiger partial charge is 0.227 e. The summed E-state index contributed by atoms with van der Waals surface area (Å²) in [4.78, 5) is 9.82. The lowest BCUT2D eigenvalue weighted by Crippen LogP contribution is -1.97. The molecule has 4 heterocycles. The number of aromatic nitrogens is 3. The van der Waals surface area contributed by atoms with Gasteiger partial charge in [-0.05, 0) is 66.7 Å². The van der Waals surface area contributed by atoms with Gasteiger partial charge in [-0.3, -0.25) is 4.57 Å². The van der Waals surface area contributed by atoms with Crippen molar-refractivity contribution < 1.29 is 8.81 Å². The summed E-state index contributed by atoms with van der Waals surface area (Å²) < 4.78 is 25.1. The third kappa shape index (κ3) is 3.05. The number of benzene rings is 5. The number of imidazole rings is 1. The van der Waals surface area contributed by atoms with Crippen molar-refractivity contribution in [3.05, 3.63) is 115 Å². The van der Waals surface area contributed by atoms with Gasteiger partial charge in [0.15, 0.2) is 0 Å². The second-order valence-corrected chi connectivity index (χ2v) is 11.1. The van der Waals surface area contributed by atoms with E-state index in [1.54, 1.807) is 6.07 Å². The molecule has 0 aliphatic carbocycles. The van der Waals surface area contributed by atoms with Crippen LogP contribution in [0.5, 0.6) is 0 Å². The number of pyridine rings is 1. The number of hydrogen-bond donors (Lipinski definition) is 0. The van der Waals surface area contributed by atoms with Crippen LogP contribution in [-0.2, 0) is 0 Å². The van der Waals surface area contributed by atoms with E-state index in [0.717, 1.165) is 44.3 Å². The number of nitrogens with zero attached hydrogens (tertiary/aromatic N) is 3. The van der Waals surface area contributed by atoms with Crippen LogP contribution in [0.25, 0.3) is 81.3 Å². The first-order valence-electron chi connectivity index (χ1n) is 13.0. The highest BCUT2D eigenvalue weighted by molar-refractivity contribution is 7.25. The van der Waals surface area contributed by atoms with Crippen LogP contribution in [-0.4, -0.2) is 14.5 Å². The third-order valence-electron chi connectivity index (χ3n) is 7.67. The molecule has 4 nitrogen and oxygen atoms in total. The molecule has 0 spiro atoms. The Morgan fingerprint density at radius 2 is 1.50 bits per heavy atom. The molecule has 0 saturated carbocycles. The molecule has 0 saturated heterocycles. The highest BCUT2D eigenvalue weighted by Gasteiger charge is 2.21. The Labute approximate surface area is 230 Å². The van der Waals surface area contributed by atoms with Crippen LogP contribution in [0.15, 0.2) is 114 Å². The van der Waals surface area contributed by atoms with Gasteiger partial charge in [-0.25, -0.2) is 14.4 Å². The maximum absolute atomic E-state index is 14.0. The number of thiophene rings is 1. The first-order valence-corrected chi connectivity index (χ1v) is 13.8. The van der Waals surface area contributed by atoms with E-state index >= 15 is 0 Å². The predicted octanol–water partition coefficient (Wildman–Crippen LogP) is 9.65. The second-order valence-electron chi connectivity index (χ2n) is 10.0. The number of hydrogen-bond acceptors (Lipinski definition) is 4. The molecule has 0 N–H and O–H groups in total. The van der Waals surface area contributed by atoms with E-state index in [9.17, 15) is 4.39 Å². The van der Waals surface area contributed by atoms with E-state index in [1.165, 1.54) is 32.3 Å². The third-order valence-corrected chi connectivity index (χ3v) is 8.82. The molecule has 0 aliphatic rings. The molecule has 9 rings (SSSR count). The van der Waals surface area contributed by atoms with Crippen LogP contribution >= 0.6 is 11.3 Å². The van der Waals surface area contributed by atoms with Crippen molar-refractivity contribution >= 4 is 75.5 Å². The molecule has 9 aromatic rings. The monoisotopic (exact) mass is 535 g/mol. The highest BCUT2D eigenvalue weighted by atomic mass is 32.1. The zero-order chi connectivity index (χ0) is 26.4. The average Bonchev–Trinajstić information content (AvgIpc) is 3.66. The molecule has 188 valence electrons. The van der Waals surface area contributed by atoms with E-state index < -0.39 is 0 Å². The number of fused-ring (bicyclic) bond motifs is 8. The van der Waals surface area contributed by atoms with Crippen molar-refractivity contribution in [1.82, 2.24) is 14.5 Å². The zero-order valence-corrected chi connectivity index (χ0v) is 21.7. The minimum Gasteiger partial charge on any atom is -0.437 e. The van der Waals surface area contributed by atoms with Crippen molar-refractivity contribution in [3.63, 3.8) is 0 Å². The minimum atomic E-state index is -0.286. The van der Waals surface area contributed by atoms with Crippen LogP contribution in [0.4, 0.5) is 4.39 Å². The van der Waals surface area contributed by atoms with Gasteiger partial charge >= 0.3 is 0 Å². The van der Waals surface area contributed by atoms with Gasteiger partial charge in [0.25, 0.3) is 0 Å². The van der Waals surface area contributed by atoms with Crippen molar-refractivity contribution in [2.45, 2.75) is 0 Å². The van der Waals surface area contributed by atoms with Gasteiger partial charge in [0, 0.05) is 42.0 Å². The number of rotatable bonds is 2. The Hall–Kier alpha value is -5.07. The summed E-state index contributed by atoms with van der Waals surface area (Å²) in [6, 6.07) is 36.0. The van der Waals surface area contributed by atoms with Gasteiger partial charge in [-0.15, -0.1) is 11.3 Å². The second kappa shape index (κ2) is 7.97. The van der Waals surface area contributed by atoms with Crippen molar-refractivity contribution in [2.75, 3.05) is 0 Å². The lowest BCUT2D eigenvalue weighted by molar-refractivity contribution is 0.629. The van der Waals surface area contributed by atoms with Gasteiger partial charge in [0.05, 0.1) is 22.1 Å². The maximum Gasteiger partial charge on any atom is 0.227 e. The van der Waals surface area contributed by atoms with Crippen LogP contribution < -0.4 is 0 Å². The Bertz CT molecular complexity index is 2470. The lowest BCUT2D eigenvalue weighted by atomic mass is 10.1. The molecule has 0 radical (unpaired) electrons. The number of para-hydroxylation sites is 3. The molecular formula is C34H18FN3OS. The molecular weight excluding hydrogens is 517 g/mol. The molecule has 0 unspecified atom stereocenters. The maximum atomic E-state index is 14.0. The summed E-state index contributed by atoms with van der Waals surface area (Å²) in [5.74, 6) is 0.506. The SMILES string of the molecule is Fc1ccc2nc3oc4c(-c5nc6ccccc6n5-c5ccc6sc7ccccc7c6c5)cccc4c3cc2c1. The van der Waals surface area contributed by atoms with Crippen molar-refractivity contribution in [3.8, 4) is 17.1 Å². The Morgan fingerprint density at radius 3 is 2.48 bits per heavy atom. The average molecular weight is 536 g/mol. The van der Waals surface area contributed by atoms with Gasteiger partial charge in [-0.2, -0.15) is 0 Å². The van der Waals surface area contributed by atoms with Crippen LogP contribution in [0, 0.1) is 5.82 Å². The molecule has 0 aliphatic heterocycles. The normalized spacial score (nSPS) is 12.1. The fraction of sp³-hybridized carbons (Fsp3) is 0. The number of furan rings is 1. The van der Waals surface area contributed by atoms with E-state index in [1.807, 2.05) is 53.8 Å². The summed E-state index contributed by atoms with van der Waals surface area (Å²) in [6.07, 6.45) is 0. The molecule has 0 amide bonds. The van der Waals surface area contributed by atoms with Gasteiger partial charge < -0.3 is 4.42 Å². The minimum absolute atomic E-state index is 0.286. The molecule has 6 heteroatoms. The fourth-order valence-electron chi connectivity index (χ4n) is 5.85.